The molecule has 0 rings (SSSR count). The molecule has 0 bridgehead atoms. The maximum absolute atomic E-state index is 3.60. The minimum atomic E-state index is 0. The van der Waals surface area contributed by atoms with Gasteiger partial charge in [0.05, 0.1) is 0 Å². The van der Waals surface area contributed by atoms with Crippen molar-refractivity contribution in [3.8, 4) is 0 Å². The summed E-state index contributed by atoms with van der Waals surface area (Å²) in [5.41, 5.74) is 0. The molecule has 2 heteroatoms. The molecule has 8 heavy (non-hydrogen) atoms. The first-order valence-electron chi connectivity index (χ1n) is 3.12. The second-order valence-corrected chi connectivity index (χ2v) is 2.97. The van der Waals surface area contributed by atoms with E-state index in [2.05, 4.69) is 26.9 Å². The molecule has 0 unspecified atom stereocenters. The number of hydrogen-bond acceptors (Lipinski definition) is 0. The van der Waals surface area contributed by atoms with Gasteiger partial charge in [0, 0.05) is 9.52 Å². The monoisotopic (exact) mass is 124 g/mol. The quantitative estimate of drug-likeness (QED) is 0.307. The van der Waals surface area contributed by atoms with E-state index in [1.165, 1.54) is 6.42 Å². The van der Waals surface area contributed by atoms with Gasteiger partial charge in [0.25, 0.3) is 0 Å². The smallest absolute Gasteiger partial charge is 0.343 e. The molecule has 0 saturated heterocycles. The van der Waals surface area contributed by atoms with Crippen LogP contribution < -0.4 is 18.9 Å². The van der Waals surface area contributed by atoms with Crippen LogP contribution in [0, 0.1) is 6.92 Å². The van der Waals surface area contributed by atoms with E-state index in [1.807, 2.05) is 0 Å². The molecule has 0 aliphatic carbocycles. The summed E-state index contributed by atoms with van der Waals surface area (Å²) in [5, 5.41) is 0. The summed E-state index contributed by atoms with van der Waals surface area (Å²) in [6.45, 7) is 10.2. The van der Waals surface area contributed by atoms with E-state index >= 15 is 0 Å². The van der Waals surface area contributed by atoms with Gasteiger partial charge in [-0.1, -0.05) is 26.4 Å². The third kappa shape index (κ3) is 70.0. The van der Waals surface area contributed by atoms with Crippen molar-refractivity contribution in [2.45, 2.75) is 32.9 Å². The number of unbranched alkanes of at least 4 members (excludes halogenated alkanes) is 1. The molecule has 0 aromatic carbocycles. The van der Waals surface area contributed by atoms with E-state index < -0.39 is 0 Å². The molecule has 0 aromatic rings. The van der Waals surface area contributed by atoms with Crippen LogP contribution in [0.2, 0.25) is 13.1 Å². The van der Waals surface area contributed by atoms with Crippen molar-refractivity contribution in [3.63, 3.8) is 0 Å². The molecule has 0 saturated carbocycles. The molecule has 0 aliphatic heterocycles. The Hall–Kier alpha value is 0.814. The third-order valence-electron chi connectivity index (χ3n) is 0.354. The number of rotatable bonds is 1. The van der Waals surface area contributed by atoms with Crippen molar-refractivity contribution in [1.29, 1.82) is 0 Å². The summed E-state index contributed by atoms with van der Waals surface area (Å²) >= 11 is 0. The van der Waals surface area contributed by atoms with Crippen LogP contribution in [0.5, 0.6) is 0 Å². The summed E-state index contributed by atoms with van der Waals surface area (Å²) < 4.78 is 0. The van der Waals surface area contributed by atoms with Gasteiger partial charge in [0.15, 0.2) is 0 Å². The number of hydrogen-bond donors (Lipinski definition) is 0. The van der Waals surface area contributed by atoms with Gasteiger partial charge < -0.3 is 6.92 Å². The van der Waals surface area contributed by atoms with E-state index in [0.29, 0.717) is 9.52 Å². The molecule has 0 radical (unpaired) electrons. The van der Waals surface area contributed by atoms with Crippen LogP contribution in [0.1, 0.15) is 19.8 Å². The zero-order chi connectivity index (χ0) is 6.12. The molecule has 0 nitrogen and oxygen atoms in total. The van der Waals surface area contributed by atoms with Crippen molar-refractivity contribution >= 4 is 9.52 Å². The van der Waals surface area contributed by atoms with Gasteiger partial charge in [-0.25, -0.2) is 0 Å². The average Bonchev–Trinajstić information content (AvgIpc) is 1.69. The van der Waals surface area contributed by atoms with Crippen LogP contribution in [-0.2, 0) is 0 Å². The largest absolute Gasteiger partial charge is 1.00 e. The fraction of sp³-hybridized carbons (Fsp3) is 0.833. The van der Waals surface area contributed by atoms with Crippen LogP contribution in [0.15, 0.2) is 0 Å². The van der Waals surface area contributed by atoms with Crippen LogP contribution in [0.25, 0.3) is 0 Å². The molecular formula is C6H17LiSi. The van der Waals surface area contributed by atoms with Crippen molar-refractivity contribution in [2.24, 2.45) is 0 Å². The summed E-state index contributed by atoms with van der Waals surface area (Å²) in [4.78, 5) is 0. The molecule has 0 aliphatic rings. The Morgan fingerprint density at radius 3 is 1.50 bits per heavy atom. The van der Waals surface area contributed by atoms with E-state index in [-0.39, 0.29) is 18.9 Å². The molecule has 0 amide bonds. The Balaban J connectivity index is -0.0000000575. The zero-order valence-corrected chi connectivity index (χ0v) is 8.24. The Labute approximate surface area is 68.4 Å². The predicted molar refractivity (Wildman–Crippen MR) is 40.5 cm³/mol. The topological polar surface area (TPSA) is 0 Å². The van der Waals surface area contributed by atoms with Crippen LogP contribution >= 0.6 is 0 Å². The normalized spacial score (nSPS) is 6.00. The van der Waals surface area contributed by atoms with Gasteiger partial charge in [0.2, 0.25) is 0 Å². The zero-order valence-electron chi connectivity index (χ0n) is 6.83. The SMILES string of the molecule is C[SiH2]C.[CH2-]CCC.[Li+]. The molecule has 0 heterocycles. The second kappa shape index (κ2) is 24.9. The molecule has 0 N–H and O–H groups in total. The van der Waals surface area contributed by atoms with E-state index in [0.717, 1.165) is 6.42 Å². The van der Waals surface area contributed by atoms with Gasteiger partial charge in [-0.15, -0.1) is 0 Å². The minimum Gasteiger partial charge on any atom is -0.343 e. The summed E-state index contributed by atoms with van der Waals surface area (Å²) in [7, 11) is 0.417. The fourth-order valence-electron chi connectivity index (χ4n) is 0. The predicted octanol–water partition coefficient (Wildman–Crippen LogP) is -1.12. The van der Waals surface area contributed by atoms with Gasteiger partial charge >= 0.3 is 18.9 Å². The Morgan fingerprint density at radius 1 is 1.38 bits per heavy atom. The van der Waals surface area contributed by atoms with Crippen LogP contribution in [0.3, 0.4) is 0 Å². The Kier molecular flexibility index (Phi) is 49.6. The molecule has 0 spiro atoms. The average molecular weight is 124 g/mol. The van der Waals surface area contributed by atoms with Gasteiger partial charge in [0.1, 0.15) is 0 Å². The van der Waals surface area contributed by atoms with Gasteiger partial charge in [-0.05, 0) is 0 Å². The fourth-order valence-corrected chi connectivity index (χ4v) is 0. The standard InChI is InChI=1S/C4H9.C2H8Si.Li/c1-3-4-2;1-3-2;/h1,3-4H2,2H3;3H2,1-2H3;/q-1;;+1. The summed E-state index contributed by atoms with van der Waals surface area (Å²) in [6, 6.07) is 0. The van der Waals surface area contributed by atoms with Crippen LogP contribution in [-0.4, -0.2) is 9.52 Å². The van der Waals surface area contributed by atoms with Crippen LogP contribution in [0.4, 0.5) is 0 Å². The summed E-state index contributed by atoms with van der Waals surface area (Å²) in [6.07, 6.45) is 2.28. The first-order chi connectivity index (χ1) is 3.33. The van der Waals surface area contributed by atoms with Crippen molar-refractivity contribution in [3.05, 3.63) is 6.92 Å². The molecule has 0 aromatic heterocycles. The van der Waals surface area contributed by atoms with E-state index in [9.17, 15) is 0 Å². The maximum atomic E-state index is 3.60. The molecular weight excluding hydrogens is 107 g/mol. The Morgan fingerprint density at radius 2 is 1.50 bits per heavy atom. The first-order valence-corrected chi connectivity index (χ1v) is 5.95. The van der Waals surface area contributed by atoms with Crippen molar-refractivity contribution in [1.82, 2.24) is 0 Å². The van der Waals surface area contributed by atoms with Crippen molar-refractivity contribution in [2.75, 3.05) is 0 Å². The minimum absolute atomic E-state index is 0. The van der Waals surface area contributed by atoms with E-state index in [1.54, 1.807) is 0 Å². The molecule has 0 atom stereocenters. The first kappa shape index (κ1) is 15.9. The molecule has 46 valence electrons. The molecule has 0 fully saturated rings. The third-order valence-corrected chi connectivity index (χ3v) is 0.354. The summed E-state index contributed by atoms with van der Waals surface area (Å²) in [5.74, 6) is 0. The maximum Gasteiger partial charge on any atom is 1.00 e. The van der Waals surface area contributed by atoms with Gasteiger partial charge in [-0.2, -0.15) is 6.42 Å². The van der Waals surface area contributed by atoms with E-state index in [4.69, 9.17) is 0 Å². The van der Waals surface area contributed by atoms with Gasteiger partial charge in [-0.3, -0.25) is 0 Å². The van der Waals surface area contributed by atoms with Crippen molar-refractivity contribution < 1.29 is 18.9 Å². The Bertz CT molecular complexity index is 16.0. The second-order valence-electron chi connectivity index (χ2n) is 1.56.